The number of ether oxygens (including phenoxy) is 2. The Labute approximate surface area is 121 Å². The van der Waals surface area contributed by atoms with Crippen molar-refractivity contribution in [1.82, 2.24) is 0 Å². The van der Waals surface area contributed by atoms with Crippen molar-refractivity contribution in [3.05, 3.63) is 54.1 Å². The van der Waals surface area contributed by atoms with Gasteiger partial charge in [-0.3, -0.25) is 0 Å². The van der Waals surface area contributed by atoms with E-state index in [1.54, 1.807) is 6.07 Å². The summed E-state index contributed by atoms with van der Waals surface area (Å²) in [6, 6.07) is 14.8. The van der Waals surface area contributed by atoms with Gasteiger partial charge in [0.25, 0.3) is 0 Å². The average Bonchev–Trinajstić information content (AvgIpc) is 2.78. The predicted octanol–water partition coefficient (Wildman–Crippen LogP) is 4.57. The van der Waals surface area contributed by atoms with Crippen LogP contribution in [-0.4, -0.2) is 6.29 Å². The van der Waals surface area contributed by atoms with Crippen molar-refractivity contribution in [2.45, 2.75) is 25.7 Å². The number of anilines is 1. The fourth-order valence-electron chi connectivity index (χ4n) is 2.35. The van der Waals surface area contributed by atoms with Gasteiger partial charge >= 0.3 is 6.29 Å². The summed E-state index contributed by atoms with van der Waals surface area (Å²) in [5.41, 5.74) is 1.86. The van der Waals surface area contributed by atoms with Crippen molar-refractivity contribution in [1.29, 1.82) is 0 Å². The fourth-order valence-corrected chi connectivity index (χ4v) is 2.35. The van der Waals surface area contributed by atoms with Crippen LogP contribution in [0.15, 0.2) is 48.5 Å². The van der Waals surface area contributed by atoms with Gasteiger partial charge in [-0.05, 0) is 24.1 Å². The molecular formula is C16H15F2NO2. The summed E-state index contributed by atoms with van der Waals surface area (Å²) in [5, 5.41) is 3.32. The molecule has 1 atom stereocenters. The molecule has 0 amide bonds. The van der Waals surface area contributed by atoms with Crippen LogP contribution in [0.25, 0.3) is 0 Å². The monoisotopic (exact) mass is 291 g/mol. The van der Waals surface area contributed by atoms with E-state index in [1.807, 2.05) is 30.3 Å². The minimum Gasteiger partial charge on any atom is -0.395 e. The largest absolute Gasteiger partial charge is 0.586 e. The lowest BCUT2D eigenvalue weighted by Gasteiger charge is -2.18. The minimum atomic E-state index is -3.58. The molecule has 0 aromatic heterocycles. The summed E-state index contributed by atoms with van der Waals surface area (Å²) >= 11 is 0. The van der Waals surface area contributed by atoms with Crippen molar-refractivity contribution in [3.8, 4) is 11.5 Å². The van der Waals surface area contributed by atoms with Crippen molar-refractivity contribution in [3.63, 3.8) is 0 Å². The highest BCUT2D eigenvalue weighted by molar-refractivity contribution is 5.56. The van der Waals surface area contributed by atoms with Crippen molar-refractivity contribution >= 4 is 5.69 Å². The van der Waals surface area contributed by atoms with E-state index in [-0.39, 0.29) is 17.5 Å². The molecule has 1 N–H and O–H groups in total. The highest BCUT2D eigenvalue weighted by Gasteiger charge is 2.43. The van der Waals surface area contributed by atoms with Gasteiger partial charge in [-0.2, -0.15) is 0 Å². The molecule has 0 aliphatic carbocycles. The molecule has 3 rings (SSSR count). The number of hydrogen-bond donors (Lipinski definition) is 1. The lowest BCUT2D eigenvalue weighted by atomic mass is 10.0. The third kappa shape index (κ3) is 2.91. The third-order valence-electron chi connectivity index (χ3n) is 3.35. The van der Waals surface area contributed by atoms with E-state index in [4.69, 9.17) is 0 Å². The standard InChI is InChI=1S/C16H15F2NO2/c1-2-13(11-6-4-3-5-7-11)19-12-8-9-14-15(10-12)21-16(17,18)20-14/h3-10,13,19H,2H2,1H3. The van der Waals surface area contributed by atoms with E-state index in [1.165, 1.54) is 12.1 Å². The summed E-state index contributed by atoms with van der Waals surface area (Å²) in [7, 11) is 0. The predicted molar refractivity (Wildman–Crippen MR) is 75.7 cm³/mol. The SMILES string of the molecule is CCC(Nc1ccc2c(c1)OC(F)(F)O2)c1ccccc1. The topological polar surface area (TPSA) is 30.5 Å². The molecule has 1 unspecified atom stereocenters. The maximum Gasteiger partial charge on any atom is 0.586 e. The molecule has 0 radical (unpaired) electrons. The molecule has 0 fully saturated rings. The van der Waals surface area contributed by atoms with Crippen LogP contribution in [0.5, 0.6) is 11.5 Å². The number of benzene rings is 2. The van der Waals surface area contributed by atoms with Gasteiger partial charge in [-0.1, -0.05) is 37.3 Å². The normalized spacial score (nSPS) is 16.5. The second kappa shape index (κ2) is 5.24. The second-order valence-electron chi connectivity index (χ2n) is 4.84. The molecule has 1 aliphatic rings. The van der Waals surface area contributed by atoms with Crippen molar-refractivity contribution in [2.75, 3.05) is 5.32 Å². The Bertz CT molecular complexity index is 631. The first kappa shape index (κ1) is 13.7. The van der Waals surface area contributed by atoms with Crippen LogP contribution in [0.1, 0.15) is 24.9 Å². The quantitative estimate of drug-likeness (QED) is 0.895. The Hall–Kier alpha value is -2.30. The Kier molecular flexibility index (Phi) is 3.41. The Morgan fingerprint density at radius 1 is 1.05 bits per heavy atom. The van der Waals surface area contributed by atoms with E-state index in [2.05, 4.69) is 21.7 Å². The van der Waals surface area contributed by atoms with Crippen molar-refractivity contribution < 1.29 is 18.3 Å². The molecule has 0 saturated carbocycles. The van der Waals surface area contributed by atoms with E-state index in [9.17, 15) is 8.78 Å². The van der Waals surface area contributed by atoms with Crippen LogP contribution >= 0.6 is 0 Å². The molecule has 110 valence electrons. The first-order valence-electron chi connectivity index (χ1n) is 6.79. The van der Waals surface area contributed by atoms with Crippen LogP contribution in [0.2, 0.25) is 0 Å². The van der Waals surface area contributed by atoms with Crippen molar-refractivity contribution in [2.24, 2.45) is 0 Å². The zero-order valence-electron chi connectivity index (χ0n) is 11.5. The number of fused-ring (bicyclic) bond motifs is 1. The van der Waals surface area contributed by atoms with Crippen LogP contribution in [-0.2, 0) is 0 Å². The molecule has 0 saturated heterocycles. The number of rotatable bonds is 4. The van der Waals surface area contributed by atoms with Gasteiger partial charge in [0.15, 0.2) is 11.5 Å². The van der Waals surface area contributed by atoms with Crippen LogP contribution in [0, 0.1) is 0 Å². The summed E-state index contributed by atoms with van der Waals surface area (Å²) in [6.45, 7) is 2.06. The Balaban J connectivity index is 1.80. The number of nitrogens with one attached hydrogen (secondary N) is 1. The summed E-state index contributed by atoms with van der Waals surface area (Å²) in [5.74, 6) is 0.103. The van der Waals surface area contributed by atoms with Crippen LogP contribution in [0.3, 0.4) is 0 Å². The molecule has 3 nitrogen and oxygen atoms in total. The average molecular weight is 291 g/mol. The van der Waals surface area contributed by atoms with Gasteiger partial charge in [0.1, 0.15) is 0 Å². The highest BCUT2D eigenvalue weighted by Crippen LogP contribution is 2.42. The molecule has 1 heterocycles. The smallest absolute Gasteiger partial charge is 0.395 e. The second-order valence-corrected chi connectivity index (χ2v) is 4.84. The molecular weight excluding hydrogens is 276 g/mol. The van der Waals surface area contributed by atoms with E-state index in [0.717, 1.165) is 12.0 Å². The lowest BCUT2D eigenvalue weighted by Crippen LogP contribution is -2.25. The minimum absolute atomic E-state index is 0.0490. The molecule has 1 aliphatic heterocycles. The number of halogens is 2. The Morgan fingerprint density at radius 3 is 2.48 bits per heavy atom. The van der Waals surface area contributed by atoms with E-state index >= 15 is 0 Å². The summed E-state index contributed by atoms with van der Waals surface area (Å²) < 4.78 is 34.8. The van der Waals surface area contributed by atoms with Crippen LogP contribution in [0.4, 0.5) is 14.5 Å². The van der Waals surface area contributed by atoms with Gasteiger partial charge < -0.3 is 14.8 Å². The number of alkyl halides is 2. The molecule has 2 aromatic rings. The summed E-state index contributed by atoms with van der Waals surface area (Å²) in [4.78, 5) is 0. The third-order valence-corrected chi connectivity index (χ3v) is 3.35. The van der Waals surface area contributed by atoms with E-state index < -0.39 is 6.29 Å². The van der Waals surface area contributed by atoms with Gasteiger partial charge in [-0.25, -0.2) is 0 Å². The molecule has 5 heteroatoms. The fraction of sp³-hybridized carbons (Fsp3) is 0.250. The lowest BCUT2D eigenvalue weighted by molar-refractivity contribution is -0.286. The molecule has 21 heavy (non-hydrogen) atoms. The van der Waals surface area contributed by atoms with Gasteiger partial charge in [0.05, 0.1) is 6.04 Å². The summed E-state index contributed by atoms with van der Waals surface area (Å²) in [6.07, 6.45) is -2.71. The first-order valence-corrected chi connectivity index (χ1v) is 6.79. The number of hydrogen-bond acceptors (Lipinski definition) is 3. The van der Waals surface area contributed by atoms with Gasteiger partial charge in [0.2, 0.25) is 0 Å². The van der Waals surface area contributed by atoms with Gasteiger partial charge in [0, 0.05) is 11.8 Å². The van der Waals surface area contributed by atoms with Crippen LogP contribution < -0.4 is 14.8 Å². The maximum absolute atomic E-state index is 13.0. The maximum atomic E-state index is 13.0. The van der Waals surface area contributed by atoms with E-state index in [0.29, 0.717) is 5.69 Å². The molecule has 0 spiro atoms. The first-order chi connectivity index (χ1) is 10.1. The molecule has 2 aromatic carbocycles. The molecule has 0 bridgehead atoms. The zero-order valence-corrected chi connectivity index (χ0v) is 11.5. The van der Waals surface area contributed by atoms with Gasteiger partial charge in [-0.15, -0.1) is 8.78 Å². The Morgan fingerprint density at radius 2 is 1.76 bits per heavy atom. The zero-order chi connectivity index (χ0) is 14.9. The highest BCUT2D eigenvalue weighted by atomic mass is 19.3.